The molecule has 0 aromatic heterocycles. The summed E-state index contributed by atoms with van der Waals surface area (Å²) in [5.74, 6) is 0.0987. The van der Waals surface area contributed by atoms with Crippen LogP contribution in [0.2, 0.25) is 10.0 Å². The highest BCUT2D eigenvalue weighted by molar-refractivity contribution is 7.80. The van der Waals surface area contributed by atoms with Crippen molar-refractivity contribution in [3.8, 4) is 0 Å². The zero-order valence-corrected chi connectivity index (χ0v) is 24.1. The molecule has 196 valence electrons. The number of hydrogen-bond donors (Lipinski definition) is 0. The molecule has 0 bridgehead atoms. The molecule has 2 aromatic rings. The number of carbonyl (C=O) groups is 1. The molecule has 2 unspecified atom stereocenters. The van der Waals surface area contributed by atoms with E-state index >= 15 is 0 Å². The van der Waals surface area contributed by atoms with Crippen LogP contribution in [0.5, 0.6) is 0 Å². The minimum absolute atomic E-state index is 0.0237. The number of allylic oxidation sites excluding steroid dienone is 1. The van der Waals surface area contributed by atoms with Crippen molar-refractivity contribution in [2.45, 2.75) is 70.7 Å². The van der Waals surface area contributed by atoms with Crippen LogP contribution in [0.4, 0.5) is 0 Å². The maximum atomic E-state index is 14.4. The number of nitrogens with zero attached hydrogens (tertiary/aromatic N) is 1. The SMILES string of the molecule is C=CC[C@@]1(C)C[C@H](c2cccc(Cl)c2)C(c2ccc(Cl)cc2)N([C@H](COS(=O)C(C)C)C(C)C)C1=O. The maximum Gasteiger partial charge on any atom is 0.229 e. The maximum absolute atomic E-state index is 14.4. The minimum Gasteiger partial charge on any atom is -0.329 e. The first kappa shape index (κ1) is 28.9. The molecule has 36 heavy (non-hydrogen) atoms. The lowest BCUT2D eigenvalue weighted by Gasteiger charge is -2.52. The van der Waals surface area contributed by atoms with Gasteiger partial charge in [0.05, 0.1) is 29.4 Å². The van der Waals surface area contributed by atoms with E-state index in [0.717, 1.165) is 11.1 Å². The summed E-state index contributed by atoms with van der Waals surface area (Å²) < 4.78 is 18.4. The van der Waals surface area contributed by atoms with E-state index in [2.05, 4.69) is 26.5 Å². The number of amides is 1. The monoisotopic (exact) mass is 549 g/mol. The molecule has 1 fully saturated rings. The predicted molar refractivity (Wildman–Crippen MR) is 151 cm³/mol. The van der Waals surface area contributed by atoms with E-state index in [1.165, 1.54) is 0 Å². The molecule has 1 amide bonds. The first-order valence-corrected chi connectivity index (χ1v) is 14.4. The molecule has 7 heteroatoms. The zero-order chi connectivity index (χ0) is 26.6. The zero-order valence-electron chi connectivity index (χ0n) is 21.7. The lowest BCUT2D eigenvalue weighted by Crippen LogP contribution is -2.58. The van der Waals surface area contributed by atoms with E-state index < -0.39 is 16.5 Å². The molecule has 0 aliphatic carbocycles. The second-order valence-electron chi connectivity index (χ2n) is 10.5. The van der Waals surface area contributed by atoms with Crippen molar-refractivity contribution in [3.63, 3.8) is 0 Å². The number of likely N-dealkylation sites (tertiary alicyclic amines) is 1. The molecule has 0 N–H and O–H groups in total. The van der Waals surface area contributed by atoms with Gasteiger partial charge >= 0.3 is 0 Å². The molecule has 2 aromatic carbocycles. The highest BCUT2D eigenvalue weighted by Gasteiger charge is 2.51. The quantitative estimate of drug-likeness (QED) is 0.284. The lowest BCUT2D eigenvalue weighted by atomic mass is 9.66. The Bertz CT molecular complexity index is 1090. The molecule has 1 heterocycles. The molecule has 1 saturated heterocycles. The Morgan fingerprint density at radius 3 is 2.33 bits per heavy atom. The Hall–Kier alpha value is -1.66. The fraction of sp³-hybridized carbons (Fsp3) is 0.483. The molecule has 4 nitrogen and oxygen atoms in total. The van der Waals surface area contributed by atoms with E-state index in [1.54, 1.807) is 0 Å². The Morgan fingerprint density at radius 2 is 1.78 bits per heavy atom. The molecular formula is C29H37Cl2NO3S. The van der Waals surface area contributed by atoms with E-state index in [4.69, 9.17) is 27.4 Å². The van der Waals surface area contributed by atoms with Crippen LogP contribution in [-0.4, -0.2) is 32.9 Å². The van der Waals surface area contributed by atoms with Crippen LogP contribution in [0, 0.1) is 11.3 Å². The van der Waals surface area contributed by atoms with Gasteiger partial charge in [-0.3, -0.25) is 8.98 Å². The number of rotatable bonds is 10. The van der Waals surface area contributed by atoms with Gasteiger partial charge in [-0.15, -0.1) is 6.58 Å². The van der Waals surface area contributed by atoms with Crippen LogP contribution in [0.1, 0.15) is 70.5 Å². The first-order valence-electron chi connectivity index (χ1n) is 12.5. The summed E-state index contributed by atoms with van der Waals surface area (Å²) in [6, 6.07) is 15.0. The summed E-state index contributed by atoms with van der Waals surface area (Å²) in [4.78, 5) is 16.3. The molecule has 0 spiro atoms. The topological polar surface area (TPSA) is 46.6 Å². The van der Waals surface area contributed by atoms with Gasteiger partial charge in [0, 0.05) is 16.0 Å². The highest BCUT2D eigenvalue weighted by Crippen LogP contribution is 2.52. The average molecular weight is 551 g/mol. The van der Waals surface area contributed by atoms with Gasteiger partial charge in [-0.05, 0) is 68.0 Å². The summed E-state index contributed by atoms with van der Waals surface area (Å²) >= 11 is 11.2. The van der Waals surface area contributed by atoms with Crippen LogP contribution in [-0.2, 0) is 20.1 Å². The van der Waals surface area contributed by atoms with Gasteiger partial charge in [-0.1, -0.05) is 74.3 Å². The third-order valence-corrected chi connectivity index (χ3v) is 8.68. The van der Waals surface area contributed by atoms with E-state index in [1.807, 2.05) is 74.2 Å². The van der Waals surface area contributed by atoms with Crippen LogP contribution >= 0.6 is 23.2 Å². The summed E-state index contributed by atoms with van der Waals surface area (Å²) in [5, 5.41) is 1.17. The first-order chi connectivity index (χ1) is 17.0. The summed E-state index contributed by atoms with van der Waals surface area (Å²) in [7, 11) is 0. The van der Waals surface area contributed by atoms with Crippen molar-refractivity contribution in [1.29, 1.82) is 0 Å². The van der Waals surface area contributed by atoms with Crippen LogP contribution < -0.4 is 0 Å². The normalized spacial score (nSPS) is 24.2. The number of benzene rings is 2. The van der Waals surface area contributed by atoms with Crippen molar-refractivity contribution in [1.82, 2.24) is 4.90 Å². The largest absolute Gasteiger partial charge is 0.329 e. The summed E-state index contributed by atoms with van der Waals surface area (Å²) in [6.07, 6.45) is 3.02. The van der Waals surface area contributed by atoms with E-state index in [0.29, 0.717) is 22.9 Å². The van der Waals surface area contributed by atoms with Crippen LogP contribution in [0.15, 0.2) is 61.2 Å². The van der Waals surface area contributed by atoms with Crippen molar-refractivity contribution in [2.75, 3.05) is 6.61 Å². The van der Waals surface area contributed by atoms with Crippen molar-refractivity contribution >= 4 is 40.2 Å². The molecule has 5 atom stereocenters. The summed E-state index contributed by atoms with van der Waals surface area (Å²) in [5.41, 5.74) is 1.42. The van der Waals surface area contributed by atoms with Gasteiger partial charge in [0.1, 0.15) is 0 Å². The third-order valence-electron chi connectivity index (χ3n) is 7.05. The van der Waals surface area contributed by atoms with Gasteiger partial charge in [-0.2, -0.15) is 0 Å². The standard InChI is InChI=1S/C29H37Cl2NO3S/c1-7-15-29(6)17-25(22-9-8-10-24(31)16-22)27(21-11-13-23(30)14-12-21)32(28(29)33)26(19(2)3)18-35-36(34)20(4)5/h7-14,16,19-20,25-27H,1,15,17-18H2,2-6H3/t25-,26-,27?,29+,36?/m1/s1. The lowest BCUT2D eigenvalue weighted by molar-refractivity contribution is -0.157. The second-order valence-corrected chi connectivity index (χ2v) is 13.1. The van der Waals surface area contributed by atoms with E-state index in [9.17, 15) is 9.00 Å². The molecule has 1 aliphatic rings. The highest BCUT2D eigenvalue weighted by atomic mass is 35.5. The molecule has 3 rings (SSSR count). The van der Waals surface area contributed by atoms with Crippen LogP contribution in [0.25, 0.3) is 0 Å². The van der Waals surface area contributed by atoms with Gasteiger partial charge < -0.3 is 4.90 Å². The number of halogens is 2. The fourth-order valence-corrected chi connectivity index (χ4v) is 5.99. The molecular weight excluding hydrogens is 513 g/mol. The van der Waals surface area contributed by atoms with Gasteiger partial charge in [0.2, 0.25) is 5.91 Å². The van der Waals surface area contributed by atoms with Crippen molar-refractivity contribution in [2.24, 2.45) is 11.3 Å². The van der Waals surface area contributed by atoms with Gasteiger partial charge in [0.25, 0.3) is 0 Å². The Labute approximate surface area is 228 Å². The Morgan fingerprint density at radius 1 is 1.11 bits per heavy atom. The van der Waals surface area contributed by atoms with Crippen molar-refractivity contribution in [3.05, 3.63) is 82.4 Å². The predicted octanol–water partition coefficient (Wildman–Crippen LogP) is 7.75. The van der Waals surface area contributed by atoms with Crippen LogP contribution in [0.3, 0.4) is 0 Å². The molecule has 0 radical (unpaired) electrons. The van der Waals surface area contributed by atoms with Gasteiger partial charge in [-0.25, -0.2) is 4.21 Å². The number of piperidine rings is 1. The van der Waals surface area contributed by atoms with Gasteiger partial charge in [0.15, 0.2) is 11.1 Å². The number of carbonyl (C=O) groups excluding carboxylic acids is 1. The fourth-order valence-electron chi connectivity index (χ4n) is 5.12. The summed E-state index contributed by atoms with van der Waals surface area (Å²) in [6.45, 7) is 14.0. The Kier molecular flexibility index (Phi) is 9.84. The molecule has 1 aliphatic heterocycles. The number of hydrogen-bond acceptors (Lipinski definition) is 3. The Balaban J connectivity index is 2.20. The average Bonchev–Trinajstić information content (AvgIpc) is 2.82. The minimum atomic E-state index is -1.44. The van der Waals surface area contributed by atoms with E-state index in [-0.39, 0.29) is 41.7 Å². The third kappa shape index (κ3) is 6.42. The van der Waals surface area contributed by atoms with Crippen molar-refractivity contribution < 1.29 is 13.2 Å². The molecule has 0 saturated carbocycles. The smallest absolute Gasteiger partial charge is 0.229 e. The second kappa shape index (κ2) is 12.3.